The molecule has 32 heavy (non-hydrogen) atoms. The number of carboxylic acid groups (broad SMARTS) is 1. The van der Waals surface area contributed by atoms with E-state index < -0.39 is 28.9 Å². The van der Waals surface area contributed by atoms with Crippen molar-refractivity contribution in [1.29, 1.82) is 0 Å². The molecule has 0 aliphatic rings. The van der Waals surface area contributed by atoms with E-state index >= 15 is 0 Å². The summed E-state index contributed by atoms with van der Waals surface area (Å²) < 4.78 is 51.2. The Hall–Kier alpha value is -2.53. The largest absolute Gasteiger partial charge is 0.480 e. The number of hydrogen-bond donors (Lipinski definition) is 1. The standard InChI is InChI=1S/C16H11F3O3.C8H17OP/c17-16(18,19)15(14(21)22,12-9-5-2-6-10-12)13(20)11-7-3-1-4-8-11;1-3-5-6-8(4-2)7-10-9/h1-10H,(H,21,22);8H,3-7H2,1-2H3. The van der Waals surface area contributed by atoms with Crippen molar-refractivity contribution in [1.82, 2.24) is 0 Å². The molecular weight excluding hydrogens is 440 g/mol. The predicted molar refractivity (Wildman–Crippen MR) is 118 cm³/mol. The van der Waals surface area contributed by atoms with Gasteiger partial charge in [0, 0.05) is 11.7 Å². The lowest BCUT2D eigenvalue weighted by Crippen LogP contribution is -2.55. The second-order valence-corrected chi connectivity index (χ2v) is 7.97. The van der Waals surface area contributed by atoms with Crippen molar-refractivity contribution >= 4 is 20.2 Å². The second-order valence-electron chi connectivity index (χ2n) is 7.34. The Bertz CT molecular complexity index is 857. The summed E-state index contributed by atoms with van der Waals surface area (Å²) in [7, 11) is 0.320. The van der Waals surface area contributed by atoms with Crippen molar-refractivity contribution in [2.75, 3.05) is 6.16 Å². The number of aliphatic carboxylic acids is 1. The summed E-state index contributed by atoms with van der Waals surface area (Å²) in [5, 5.41) is 9.30. The maximum absolute atomic E-state index is 13.6. The molecule has 174 valence electrons. The van der Waals surface area contributed by atoms with E-state index in [0.717, 1.165) is 30.4 Å². The van der Waals surface area contributed by atoms with Crippen molar-refractivity contribution in [2.24, 2.45) is 5.92 Å². The van der Waals surface area contributed by atoms with E-state index in [1.807, 2.05) is 0 Å². The first kappa shape index (κ1) is 27.5. The van der Waals surface area contributed by atoms with Gasteiger partial charge in [0.1, 0.15) is 0 Å². The minimum absolute atomic E-state index is 0.314. The van der Waals surface area contributed by atoms with E-state index in [-0.39, 0.29) is 5.56 Å². The topological polar surface area (TPSA) is 71.4 Å². The molecule has 0 amide bonds. The second kappa shape index (κ2) is 13.1. The van der Waals surface area contributed by atoms with Crippen LogP contribution in [0.3, 0.4) is 0 Å². The number of benzene rings is 2. The first-order valence-corrected chi connectivity index (χ1v) is 11.4. The molecule has 0 fully saturated rings. The molecule has 1 N–H and O–H groups in total. The number of carbonyl (C=O) groups is 2. The molecule has 0 saturated heterocycles. The van der Waals surface area contributed by atoms with Crippen molar-refractivity contribution in [2.45, 2.75) is 51.1 Å². The van der Waals surface area contributed by atoms with Gasteiger partial charge in [-0.05, 0) is 17.9 Å². The first-order valence-electron chi connectivity index (χ1n) is 10.4. The molecule has 2 aromatic rings. The summed E-state index contributed by atoms with van der Waals surface area (Å²) >= 11 is 0. The van der Waals surface area contributed by atoms with E-state index in [1.54, 1.807) is 0 Å². The fourth-order valence-corrected chi connectivity index (χ4v) is 3.93. The molecule has 0 heterocycles. The van der Waals surface area contributed by atoms with E-state index in [0.29, 0.717) is 14.4 Å². The summed E-state index contributed by atoms with van der Waals surface area (Å²) in [4.78, 5) is 24.0. The van der Waals surface area contributed by atoms with E-state index in [9.17, 15) is 32.4 Å². The van der Waals surface area contributed by atoms with Crippen LogP contribution in [0.25, 0.3) is 0 Å². The molecule has 0 aliphatic carbocycles. The first-order chi connectivity index (χ1) is 15.2. The van der Waals surface area contributed by atoms with E-state index in [2.05, 4.69) is 13.8 Å². The molecule has 2 unspecified atom stereocenters. The van der Waals surface area contributed by atoms with Crippen LogP contribution in [0, 0.1) is 5.92 Å². The molecular formula is C24H28F3O4P. The Kier molecular flexibility index (Phi) is 11.3. The van der Waals surface area contributed by atoms with Gasteiger partial charge in [0.2, 0.25) is 5.41 Å². The average molecular weight is 468 g/mol. The molecule has 0 aromatic heterocycles. The van der Waals surface area contributed by atoms with Crippen LogP contribution in [-0.4, -0.2) is 29.2 Å². The zero-order chi connectivity index (χ0) is 24.2. The van der Waals surface area contributed by atoms with Gasteiger partial charge in [-0.1, -0.05) is 93.8 Å². The van der Waals surface area contributed by atoms with Crippen LogP contribution in [0.5, 0.6) is 0 Å². The monoisotopic (exact) mass is 468 g/mol. The number of ketones is 1. The van der Waals surface area contributed by atoms with Gasteiger partial charge in [-0.3, -0.25) is 14.2 Å². The van der Waals surface area contributed by atoms with Gasteiger partial charge in [0.05, 0.1) is 0 Å². The number of carbonyl (C=O) groups excluding carboxylic acids is 1. The Labute approximate surface area is 188 Å². The maximum atomic E-state index is 13.6. The van der Waals surface area contributed by atoms with Crippen LogP contribution >= 0.6 is 8.46 Å². The minimum Gasteiger partial charge on any atom is -0.480 e. The number of rotatable bonds is 10. The summed E-state index contributed by atoms with van der Waals surface area (Å²) in [5.41, 5.74) is -4.56. The highest BCUT2D eigenvalue weighted by Crippen LogP contribution is 2.44. The summed E-state index contributed by atoms with van der Waals surface area (Å²) in [6, 6.07) is 12.5. The van der Waals surface area contributed by atoms with Crippen LogP contribution in [0.4, 0.5) is 13.2 Å². The highest BCUT2D eigenvalue weighted by atomic mass is 31.1. The predicted octanol–water partition coefficient (Wildman–Crippen LogP) is 6.95. The van der Waals surface area contributed by atoms with Gasteiger partial charge in [-0.2, -0.15) is 13.2 Å². The molecule has 4 nitrogen and oxygen atoms in total. The van der Waals surface area contributed by atoms with E-state index in [1.165, 1.54) is 62.1 Å². The van der Waals surface area contributed by atoms with Crippen molar-refractivity contribution in [3.05, 3.63) is 71.8 Å². The number of carboxylic acids is 1. The molecule has 0 saturated carbocycles. The third-order valence-electron chi connectivity index (χ3n) is 5.21. The van der Waals surface area contributed by atoms with Gasteiger partial charge in [0.25, 0.3) is 0 Å². The quantitative estimate of drug-likeness (QED) is 0.233. The molecule has 0 aliphatic heterocycles. The van der Waals surface area contributed by atoms with Gasteiger partial charge in [0.15, 0.2) is 14.2 Å². The summed E-state index contributed by atoms with van der Waals surface area (Å²) in [6.07, 6.45) is 0.543. The van der Waals surface area contributed by atoms with Gasteiger partial charge in [-0.25, -0.2) is 0 Å². The average Bonchev–Trinajstić information content (AvgIpc) is 2.77. The Morgan fingerprint density at radius 1 is 0.969 bits per heavy atom. The zero-order valence-corrected chi connectivity index (χ0v) is 19.0. The smallest absolute Gasteiger partial charge is 0.416 e. The van der Waals surface area contributed by atoms with Gasteiger partial charge < -0.3 is 5.11 Å². The Balaban J connectivity index is 0.000000433. The molecule has 2 aromatic carbocycles. The number of unbranched alkanes of at least 4 members (excludes halogenated alkanes) is 1. The number of alkyl halides is 3. The van der Waals surface area contributed by atoms with Crippen LogP contribution in [0.2, 0.25) is 0 Å². The molecule has 8 heteroatoms. The maximum Gasteiger partial charge on any atom is 0.416 e. The van der Waals surface area contributed by atoms with Crippen LogP contribution < -0.4 is 0 Å². The highest BCUT2D eigenvalue weighted by Gasteiger charge is 2.67. The summed E-state index contributed by atoms with van der Waals surface area (Å²) in [6.45, 7) is 4.37. The minimum atomic E-state index is -5.28. The fraction of sp³-hybridized carbons (Fsp3) is 0.417. The SMILES string of the molecule is CCCCC(CC)CP=O.O=C(O)C(C(=O)c1ccccc1)(c1ccccc1)C(F)(F)F. The van der Waals surface area contributed by atoms with Crippen LogP contribution in [0.1, 0.15) is 55.5 Å². The lowest BCUT2D eigenvalue weighted by molar-refractivity contribution is -0.193. The fourth-order valence-electron chi connectivity index (χ4n) is 3.28. The number of hydrogen-bond acceptors (Lipinski definition) is 3. The molecule has 0 spiro atoms. The highest BCUT2D eigenvalue weighted by molar-refractivity contribution is 7.23. The molecule has 0 radical (unpaired) electrons. The third kappa shape index (κ3) is 6.73. The van der Waals surface area contributed by atoms with E-state index in [4.69, 9.17) is 0 Å². The van der Waals surface area contributed by atoms with Gasteiger partial charge >= 0.3 is 12.1 Å². The van der Waals surface area contributed by atoms with Crippen LogP contribution in [0.15, 0.2) is 60.7 Å². The Morgan fingerprint density at radius 3 is 1.91 bits per heavy atom. The lowest BCUT2D eigenvalue weighted by atomic mass is 9.73. The molecule has 2 rings (SSSR count). The normalized spacial score (nSPS) is 14.0. The number of Topliss-reactive ketones (excluding diaryl/α,β-unsaturated/α-hetero) is 1. The van der Waals surface area contributed by atoms with Crippen molar-refractivity contribution < 1.29 is 32.4 Å². The summed E-state index contributed by atoms with van der Waals surface area (Å²) in [5.74, 6) is -3.07. The van der Waals surface area contributed by atoms with Gasteiger partial charge in [-0.15, -0.1) is 0 Å². The lowest BCUT2D eigenvalue weighted by Gasteiger charge is -2.30. The van der Waals surface area contributed by atoms with Crippen LogP contribution in [-0.2, 0) is 14.8 Å². The molecule has 0 bridgehead atoms. The Morgan fingerprint density at radius 2 is 1.50 bits per heavy atom. The van der Waals surface area contributed by atoms with Crippen molar-refractivity contribution in [3.63, 3.8) is 0 Å². The molecule has 2 atom stereocenters. The number of halogens is 3. The van der Waals surface area contributed by atoms with Crippen molar-refractivity contribution in [3.8, 4) is 0 Å². The third-order valence-corrected chi connectivity index (χ3v) is 5.87. The zero-order valence-electron chi connectivity index (χ0n) is 18.1.